The number of hydrogen-bond donors (Lipinski definition) is 2. The average Bonchev–Trinajstić information content (AvgIpc) is 2.55. The monoisotopic (exact) mass is 230 g/mol. The molecule has 0 unspecified atom stereocenters. The summed E-state index contributed by atoms with van der Waals surface area (Å²) in [5.41, 5.74) is 1.75. The molecule has 2 rings (SSSR count). The topological polar surface area (TPSA) is 90.7 Å². The van der Waals surface area contributed by atoms with Gasteiger partial charge in [-0.2, -0.15) is 5.26 Å². The maximum Gasteiger partial charge on any atom is 0.326 e. The number of amides is 1. The van der Waals surface area contributed by atoms with Crippen LogP contribution in [-0.2, 0) is 11.8 Å². The quantitative estimate of drug-likeness (QED) is 0.796. The Morgan fingerprint density at radius 1 is 1.59 bits per heavy atom. The van der Waals surface area contributed by atoms with Crippen LogP contribution in [0.15, 0.2) is 23.0 Å². The number of H-pyrrole nitrogens is 1. The minimum Gasteiger partial charge on any atom is -0.325 e. The van der Waals surface area contributed by atoms with Crippen molar-refractivity contribution in [1.82, 2.24) is 9.55 Å². The molecule has 86 valence electrons. The van der Waals surface area contributed by atoms with Gasteiger partial charge < -0.3 is 10.3 Å². The van der Waals surface area contributed by atoms with E-state index in [0.29, 0.717) is 11.2 Å². The van der Waals surface area contributed by atoms with Gasteiger partial charge in [0.15, 0.2) is 0 Å². The fourth-order valence-electron chi connectivity index (χ4n) is 1.59. The zero-order chi connectivity index (χ0) is 12.4. The van der Waals surface area contributed by atoms with E-state index in [9.17, 15) is 9.59 Å². The fourth-order valence-corrected chi connectivity index (χ4v) is 1.59. The molecule has 0 aliphatic heterocycles. The average molecular weight is 230 g/mol. The van der Waals surface area contributed by atoms with Gasteiger partial charge in [0.05, 0.1) is 17.1 Å². The molecule has 0 fully saturated rings. The molecule has 0 bridgehead atoms. The van der Waals surface area contributed by atoms with Crippen LogP contribution < -0.4 is 11.0 Å². The second kappa shape index (κ2) is 4.14. The van der Waals surface area contributed by atoms with E-state index < -0.39 is 0 Å². The third-order valence-electron chi connectivity index (χ3n) is 2.43. The van der Waals surface area contributed by atoms with Crippen molar-refractivity contribution < 1.29 is 4.79 Å². The number of fused-ring (bicyclic) bond motifs is 1. The molecular formula is C11H10N4O2. The highest BCUT2D eigenvalue weighted by Gasteiger charge is 2.05. The summed E-state index contributed by atoms with van der Waals surface area (Å²) in [6, 6.07) is 6.84. The lowest BCUT2D eigenvalue weighted by Crippen LogP contribution is -2.11. The maximum atomic E-state index is 11.4. The first-order valence-electron chi connectivity index (χ1n) is 4.97. The van der Waals surface area contributed by atoms with E-state index in [2.05, 4.69) is 10.3 Å². The van der Waals surface area contributed by atoms with Gasteiger partial charge in [0.25, 0.3) is 0 Å². The summed E-state index contributed by atoms with van der Waals surface area (Å²) in [6.07, 6.45) is -0.191. The summed E-state index contributed by atoms with van der Waals surface area (Å²) in [7, 11) is 1.66. The lowest BCUT2D eigenvalue weighted by Gasteiger charge is -2.02. The molecule has 0 aliphatic rings. The van der Waals surface area contributed by atoms with Crippen LogP contribution in [-0.4, -0.2) is 15.5 Å². The number of rotatable bonds is 2. The summed E-state index contributed by atoms with van der Waals surface area (Å²) in [6.45, 7) is 0. The predicted molar refractivity (Wildman–Crippen MR) is 62.4 cm³/mol. The summed E-state index contributed by atoms with van der Waals surface area (Å²) in [5.74, 6) is -0.370. The van der Waals surface area contributed by atoms with Gasteiger partial charge in [0, 0.05) is 12.7 Å². The van der Waals surface area contributed by atoms with Crippen LogP contribution >= 0.6 is 0 Å². The van der Waals surface area contributed by atoms with Gasteiger partial charge in [-0.05, 0) is 18.2 Å². The Morgan fingerprint density at radius 3 is 3.06 bits per heavy atom. The summed E-state index contributed by atoms with van der Waals surface area (Å²) in [5, 5.41) is 10.9. The van der Waals surface area contributed by atoms with E-state index in [0.717, 1.165) is 5.52 Å². The van der Waals surface area contributed by atoms with Crippen molar-refractivity contribution >= 4 is 22.6 Å². The first-order chi connectivity index (χ1) is 8.11. The molecule has 2 N–H and O–H groups in total. The third-order valence-corrected chi connectivity index (χ3v) is 2.43. The molecule has 6 heteroatoms. The van der Waals surface area contributed by atoms with Gasteiger partial charge in [-0.3, -0.25) is 9.36 Å². The number of aromatic amines is 1. The van der Waals surface area contributed by atoms with Gasteiger partial charge in [-0.15, -0.1) is 0 Å². The van der Waals surface area contributed by atoms with E-state index >= 15 is 0 Å². The number of benzene rings is 1. The van der Waals surface area contributed by atoms with Crippen molar-refractivity contribution in [3.8, 4) is 6.07 Å². The number of carbonyl (C=O) groups excluding carboxylic acids is 1. The Balaban J connectivity index is 2.36. The largest absolute Gasteiger partial charge is 0.326 e. The first kappa shape index (κ1) is 11.0. The molecule has 0 saturated carbocycles. The zero-order valence-electron chi connectivity index (χ0n) is 9.15. The number of hydrogen-bond acceptors (Lipinski definition) is 3. The van der Waals surface area contributed by atoms with Crippen LogP contribution in [0.4, 0.5) is 5.69 Å². The lowest BCUT2D eigenvalue weighted by atomic mass is 10.2. The van der Waals surface area contributed by atoms with Crippen LogP contribution in [0.1, 0.15) is 6.42 Å². The number of anilines is 1. The number of nitrogens with zero attached hydrogens (tertiary/aromatic N) is 2. The molecule has 1 amide bonds. The minimum absolute atomic E-state index is 0.191. The molecule has 1 aromatic carbocycles. The molecule has 0 spiro atoms. The van der Waals surface area contributed by atoms with Gasteiger partial charge in [-0.25, -0.2) is 4.79 Å². The minimum atomic E-state index is -0.370. The number of nitriles is 1. The van der Waals surface area contributed by atoms with Crippen LogP contribution in [0, 0.1) is 11.3 Å². The van der Waals surface area contributed by atoms with Crippen molar-refractivity contribution in [2.75, 3.05) is 5.32 Å². The second-order valence-corrected chi connectivity index (χ2v) is 3.60. The van der Waals surface area contributed by atoms with E-state index in [1.807, 2.05) is 0 Å². The molecule has 2 aromatic rings. The van der Waals surface area contributed by atoms with Gasteiger partial charge >= 0.3 is 5.69 Å². The standard InChI is InChI=1S/C11H10N4O2/c1-15-9-3-2-7(13-10(16)4-5-12)6-8(9)14-11(15)17/h2-3,6H,4H2,1H3,(H,13,16)(H,14,17). The highest BCUT2D eigenvalue weighted by Crippen LogP contribution is 2.15. The van der Waals surface area contributed by atoms with Gasteiger partial charge in [0.2, 0.25) is 5.91 Å². The normalized spacial score (nSPS) is 10.1. The number of aryl methyl sites for hydroxylation is 1. The van der Waals surface area contributed by atoms with E-state index in [4.69, 9.17) is 5.26 Å². The second-order valence-electron chi connectivity index (χ2n) is 3.60. The van der Waals surface area contributed by atoms with E-state index in [1.165, 1.54) is 4.57 Å². The Labute approximate surface area is 96.5 Å². The van der Waals surface area contributed by atoms with Crippen molar-refractivity contribution in [3.05, 3.63) is 28.7 Å². The molecule has 0 atom stereocenters. The molecule has 0 radical (unpaired) electrons. The number of carbonyl (C=O) groups is 1. The third kappa shape index (κ3) is 2.03. The van der Waals surface area contributed by atoms with Crippen LogP contribution in [0.5, 0.6) is 0 Å². The Bertz CT molecular complexity index is 675. The number of aromatic nitrogens is 2. The van der Waals surface area contributed by atoms with Crippen molar-refractivity contribution in [1.29, 1.82) is 5.26 Å². The molecule has 17 heavy (non-hydrogen) atoms. The van der Waals surface area contributed by atoms with Crippen LogP contribution in [0.3, 0.4) is 0 Å². The zero-order valence-corrected chi connectivity index (χ0v) is 9.15. The Hall–Kier alpha value is -2.55. The van der Waals surface area contributed by atoms with Crippen molar-refractivity contribution in [2.24, 2.45) is 7.05 Å². The maximum absolute atomic E-state index is 11.4. The number of nitrogens with one attached hydrogen (secondary N) is 2. The predicted octanol–water partition coefficient (Wildman–Crippen LogP) is 0.719. The summed E-state index contributed by atoms with van der Waals surface area (Å²) < 4.78 is 1.48. The van der Waals surface area contributed by atoms with Crippen molar-refractivity contribution in [2.45, 2.75) is 6.42 Å². The SMILES string of the molecule is Cn1c(=O)[nH]c2cc(NC(=O)CC#N)ccc21. The molecule has 1 aromatic heterocycles. The highest BCUT2D eigenvalue weighted by molar-refractivity contribution is 5.94. The summed E-state index contributed by atoms with van der Waals surface area (Å²) in [4.78, 5) is 25.2. The molecule has 6 nitrogen and oxygen atoms in total. The van der Waals surface area contributed by atoms with E-state index in [1.54, 1.807) is 31.3 Å². The van der Waals surface area contributed by atoms with Gasteiger partial charge in [-0.1, -0.05) is 0 Å². The van der Waals surface area contributed by atoms with Gasteiger partial charge in [0.1, 0.15) is 6.42 Å². The molecule has 1 heterocycles. The molecular weight excluding hydrogens is 220 g/mol. The molecule has 0 saturated heterocycles. The molecule has 0 aliphatic carbocycles. The van der Waals surface area contributed by atoms with Crippen LogP contribution in [0.2, 0.25) is 0 Å². The van der Waals surface area contributed by atoms with E-state index in [-0.39, 0.29) is 18.0 Å². The highest BCUT2D eigenvalue weighted by atomic mass is 16.2. The van der Waals surface area contributed by atoms with Crippen molar-refractivity contribution in [3.63, 3.8) is 0 Å². The Morgan fingerprint density at radius 2 is 2.35 bits per heavy atom. The smallest absolute Gasteiger partial charge is 0.325 e. The first-order valence-corrected chi connectivity index (χ1v) is 4.97. The summed E-state index contributed by atoms with van der Waals surface area (Å²) >= 11 is 0. The fraction of sp³-hybridized carbons (Fsp3) is 0.182. The number of imidazole rings is 1. The Kier molecular flexibility index (Phi) is 2.66. The lowest BCUT2D eigenvalue weighted by molar-refractivity contribution is -0.115. The van der Waals surface area contributed by atoms with Crippen LogP contribution in [0.25, 0.3) is 11.0 Å².